The maximum absolute atomic E-state index is 12.6. The van der Waals surface area contributed by atoms with E-state index in [1.54, 1.807) is 0 Å². The van der Waals surface area contributed by atoms with Gasteiger partial charge in [0.1, 0.15) is 6.61 Å². The first kappa shape index (κ1) is 53.8. The summed E-state index contributed by atoms with van der Waals surface area (Å²) in [7, 11) is -4.37. The normalized spacial score (nSPS) is 13.3. The van der Waals surface area contributed by atoms with Crippen LogP contribution in [0, 0.1) is 0 Å². The molecule has 3 N–H and O–H groups in total. The maximum Gasteiger partial charge on any atom is 0.472 e. The Bertz CT molecular complexity index is 917. The number of hydrogen-bond donors (Lipinski definition) is 2. The summed E-state index contributed by atoms with van der Waals surface area (Å²) in [6.07, 6.45) is 43.8. The van der Waals surface area contributed by atoms with Crippen molar-refractivity contribution in [3.8, 4) is 0 Å². The van der Waals surface area contributed by atoms with Gasteiger partial charge in [-0.3, -0.25) is 18.6 Å². The molecule has 0 saturated heterocycles. The van der Waals surface area contributed by atoms with Crippen LogP contribution in [-0.4, -0.2) is 49.3 Å². The second-order valence-electron chi connectivity index (χ2n) is 15.6. The van der Waals surface area contributed by atoms with E-state index in [0.29, 0.717) is 6.42 Å². The molecule has 0 aliphatic carbocycles. The molecule has 326 valence electrons. The van der Waals surface area contributed by atoms with Gasteiger partial charge in [0.15, 0.2) is 6.10 Å². The first-order chi connectivity index (χ1) is 26.8. The summed E-state index contributed by atoms with van der Waals surface area (Å²) >= 11 is 0. The highest BCUT2D eigenvalue weighted by molar-refractivity contribution is 7.47. The van der Waals surface area contributed by atoms with Crippen molar-refractivity contribution >= 4 is 19.8 Å². The number of carbonyl (C=O) groups is 2. The molecule has 0 amide bonds. The number of ether oxygens (including phenoxy) is 2. The van der Waals surface area contributed by atoms with Crippen LogP contribution in [0.15, 0.2) is 12.2 Å². The van der Waals surface area contributed by atoms with Gasteiger partial charge in [0, 0.05) is 19.4 Å². The highest BCUT2D eigenvalue weighted by Crippen LogP contribution is 2.43. The average molecular weight is 802 g/mol. The van der Waals surface area contributed by atoms with Crippen LogP contribution in [-0.2, 0) is 32.7 Å². The van der Waals surface area contributed by atoms with Crippen LogP contribution < -0.4 is 5.73 Å². The molecule has 2 atom stereocenters. The molecule has 0 aromatic carbocycles. The number of hydrogen-bond acceptors (Lipinski definition) is 8. The summed E-state index contributed by atoms with van der Waals surface area (Å²) in [6.45, 7) is 3.76. The van der Waals surface area contributed by atoms with Crippen molar-refractivity contribution in [2.24, 2.45) is 5.73 Å². The molecule has 0 fully saturated rings. The molecule has 0 saturated carbocycles. The van der Waals surface area contributed by atoms with Crippen LogP contribution in [0.2, 0.25) is 0 Å². The van der Waals surface area contributed by atoms with Crippen LogP contribution in [0.5, 0.6) is 0 Å². The fourth-order valence-corrected chi connectivity index (χ4v) is 7.45. The van der Waals surface area contributed by atoms with Gasteiger partial charge in [-0.25, -0.2) is 4.57 Å². The van der Waals surface area contributed by atoms with Crippen molar-refractivity contribution < 1.29 is 37.6 Å². The van der Waals surface area contributed by atoms with Crippen LogP contribution in [0.1, 0.15) is 232 Å². The van der Waals surface area contributed by atoms with Gasteiger partial charge in [-0.15, -0.1) is 0 Å². The third-order valence-electron chi connectivity index (χ3n) is 10.2. The molecule has 0 aliphatic heterocycles. The molecule has 1 unspecified atom stereocenters. The van der Waals surface area contributed by atoms with Gasteiger partial charge in [0.2, 0.25) is 0 Å². The molecule has 0 rings (SSSR count). The van der Waals surface area contributed by atoms with E-state index in [-0.39, 0.29) is 38.6 Å². The highest BCUT2D eigenvalue weighted by Gasteiger charge is 2.26. The maximum atomic E-state index is 12.6. The van der Waals surface area contributed by atoms with E-state index >= 15 is 0 Å². The molecule has 0 spiro atoms. The van der Waals surface area contributed by atoms with Crippen LogP contribution in [0.4, 0.5) is 0 Å². The molecule has 0 heterocycles. The lowest BCUT2D eigenvalue weighted by Gasteiger charge is -2.19. The number of phosphoric acid groups is 1. The van der Waals surface area contributed by atoms with Crippen molar-refractivity contribution in [1.29, 1.82) is 0 Å². The van der Waals surface area contributed by atoms with Gasteiger partial charge >= 0.3 is 19.8 Å². The Labute approximate surface area is 339 Å². The zero-order valence-electron chi connectivity index (χ0n) is 35.9. The van der Waals surface area contributed by atoms with Gasteiger partial charge in [0.05, 0.1) is 13.2 Å². The highest BCUT2D eigenvalue weighted by atomic mass is 31.2. The van der Waals surface area contributed by atoms with Crippen molar-refractivity contribution in [2.75, 3.05) is 26.4 Å². The molecular formula is C45H88NO8P. The fourth-order valence-electron chi connectivity index (χ4n) is 6.69. The topological polar surface area (TPSA) is 134 Å². The monoisotopic (exact) mass is 802 g/mol. The SMILES string of the molecule is CCCCCCCC/C=C/CCCCCCCCCC(=O)OC[C@H](COP(=O)(O)OCCN)OC(=O)CCCCCCCCCCCCCCCCCCC. The summed E-state index contributed by atoms with van der Waals surface area (Å²) < 4.78 is 32.8. The van der Waals surface area contributed by atoms with Gasteiger partial charge in [0.25, 0.3) is 0 Å². The number of unbranched alkanes of at least 4 members (excludes halogenated alkanes) is 29. The molecule has 10 heteroatoms. The number of phosphoric ester groups is 1. The number of rotatable bonds is 44. The van der Waals surface area contributed by atoms with E-state index in [1.165, 1.54) is 167 Å². The third kappa shape index (κ3) is 42.2. The summed E-state index contributed by atoms with van der Waals surface area (Å²) in [5.74, 6) is -0.820. The molecule has 0 radical (unpaired) electrons. The number of allylic oxidation sites excluding steroid dienone is 2. The van der Waals surface area contributed by atoms with E-state index in [2.05, 4.69) is 26.0 Å². The number of nitrogens with two attached hydrogens (primary N) is 1. The number of carbonyl (C=O) groups excluding carboxylic acids is 2. The smallest absolute Gasteiger partial charge is 0.462 e. The van der Waals surface area contributed by atoms with E-state index in [0.717, 1.165) is 32.1 Å². The van der Waals surface area contributed by atoms with Gasteiger partial charge in [-0.05, 0) is 38.5 Å². The predicted octanol–water partition coefficient (Wildman–Crippen LogP) is 13.4. The zero-order chi connectivity index (χ0) is 40.3. The third-order valence-corrected chi connectivity index (χ3v) is 11.1. The zero-order valence-corrected chi connectivity index (χ0v) is 36.8. The Hall–Kier alpha value is -1.25. The number of esters is 2. The Morgan fingerprint density at radius 2 is 0.891 bits per heavy atom. The lowest BCUT2D eigenvalue weighted by Crippen LogP contribution is -2.29. The van der Waals surface area contributed by atoms with Crippen LogP contribution >= 0.6 is 7.82 Å². The Morgan fingerprint density at radius 1 is 0.527 bits per heavy atom. The minimum atomic E-state index is -4.37. The van der Waals surface area contributed by atoms with Gasteiger partial charge < -0.3 is 20.1 Å². The summed E-state index contributed by atoms with van der Waals surface area (Å²) in [5, 5.41) is 0. The van der Waals surface area contributed by atoms with Crippen molar-refractivity contribution in [2.45, 2.75) is 238 Å². The van der Waals surface area contributed by atoms with E-state index < -0.39 is 26.5 Å². The molecule has 0 aliphatic rings. The first-order valence-electron chi connectivity index (χ1n) is 23.2. The molecule has 0 bridgehead atoms. The van der Waals surface area contributed by atoms with E-state index in [9.17, 15) is 19.0 Å². The Kier molecular flexibility index (Phi) is 41.4. The fraction of sp³-hybridized carbons (Fsp3) is 0.911. The second-order valence-corrected chi connectivity index (χ2v) is 17.1. The minimum absolute atomic E-state index is 0.0558. The van der Waals surface area contributed by atoms with Gasteiger partial charge in [-0.1, -0.05) is 193 Å². The quantitative estimate of drug-likeness (QED) is 0.0267. The van der Waals surface area contributed by atoms with Crippen molar-refractivity contribution in [3.63, 3.8) is 0 Å². The van der Waals surface area contributed by atoms with Gasteiger partial charge in [-0.2, -0.15) is 0 Å². The summed E-state index contributed by atoms with van der Waals surface area (Å²) in [6, 6.07) is 0. The molecule has 0 aromatic rings. The van der Waals surface area contributed by atoms with E-state index in [1.807, 2.05) is 0 Å². The van der Waals surface area contributed by atoms with Crippen LogP contribution in [0.25, 0.3) is 0 Å². The lowest BCUT2D eigenvalue weighted by molar-refractivity contribution is -0.161. The lowest BCUT2D eigenvalue weighted by atomic mass is 10.0. The van der Waals surface area contributed by atoms with Crippen molar-refractivity contribution in [1.82, 2.24) is 0 Å². The molecule has 55 heavy (non-hydrogen) atoms. The minimum Gasteiger partial charge on any atom is -0.462 e. The largest absolute Gasteiger partial charge is 0.472 e. The standard InChI is InChI=1S/C45H88NO8P/c1-3-5-7-9-11-13-15-17-19-21-23-25-27-29-31-33-35-37-44(47)51-41-43(42-53-55(49,50)52-40-39-46)54-45(48)38-36-34-32-30-28-26-24-22-20-18-16-14-12-10-8-6-4-2/h17,19,43H,3-16,18,20-42,46H2,1-2H3,(H,49,50)/b19-17+/t43-/m1/s1. The predicted molar refractivity (Wildman–Crippen MR) is 229 cm³/mol. The average Bonchev–Trinajstić information content (AvgIpc) is 3.17. The summed E-state index contributed by atoms with van der Waals surface area (Å²) in [4.78, 5) is 34.9. The Morgan fingerprint density at radius 3 is 1.29 bits per heavy atom. The van der Waals surface area contributed by atoms with Crippen molar-refractivity contribution in [3.05, 3.63) is 12.2 Å². The second kappa shape index (κ2) is 42.4. The molecular weight excluding hydrogens is 713 g/mol. The molecule has 9 nitrogen and oxygen atoms in total. The Balaban J connectivity index is 4.08. The first-order valence-corrected chi connectivity index (χ1v) is 24.7. The molecule has 0 aromatic heterocycles. The summed E-state index contributed by atoms with van der Waals surface area (Å²) in [5.41, 5.74) is 5.35. The van der Waals surface area contributed by atoms with E-state index in [4.69, 9.17) is 24.3 Å². The van der Waals surface area contributed by atoms with Crippen LogP contribution in [0.3, 0.4) is 0 Å².